The number of aromatic nitrogens is 1. The summed E-state index contributed by atoms with van der Waals surface area (Å²) >= 11 is 0. The van der Waals surface area contributed by atoms with E-state index >= 15 is 0 Å². The smallest absolute Gasteiger partial charge is 0.0543 e. The molecule has 19 heavy (non-hydrogen) atoms. The molecule has 3 heterocycles. The average Bonchev–Trinajstić information content (AvgIpc) is 2.46. The number of piperidine rings is 2. The van der Waals surface area contributed by atoms with Crippen LogP contribution in [0.4, 0.5) is 0 Å². The predicted molar refractivity (Wildman–Crippen MR) is 78.0 cm³/mol. The van der Waals surface area contributed by atoms with Crippen LogP contribution in [0.2, 0.25) is 0 Å². The second-order valence-electron chi connectivity index (χ2n) is 6.20. The van der Waals surface area contributed by atoms with Gasteiger partial charge in [-0.1, -0.05) is 12.5 Å². The fraction of sp³-hybridized carbons (Fsp3) is 0.688. The molecule has 0 bridgehead atoms. The van der Waals surface area contributed by atoms with Crippen molar-refractivity contribution in [1.29, 1.82) is 0 Å². The molecule has 1 aromatic rings. The van der Waals surface area contributed by atoms with Gasteiger partial charge in [-0.25, -0.2) is 0 Å². The maximum atomic E-state index is 4.44. The predicted octanol–water partition coefficient (Wildman–Crippen LogP) is 2.53. The van der Waals surface area contributed by atoms with Crippen molar-refractivity contribution in [2.24, 2.45) is 0 Å². The van der Waals surface area contributed by atoms with E-state index in [2.05, 4.69) is 34.0 Å². The number of rotatable bonds is 2. The van der Waals surface area contributed by atoms with E-state index in [0.29, 0.717) is 5.54 Å². The second kappa shape index (κ2) is 5.59. The number of nitrogens with zero attached hydrogens (tertiary/aromatic N) is 3. The Morgan fingerprint density at radius 2 is 1.95 bits per heavy atom. The molecule has 3 heteroatoms. The molecule has 0 atom stereocenters. The Morgan fingerprint density at radius 1 is 1.11 bits per heavy atom. The average molecular weight is 259 g/mol. The van der Waals surface area contributed by atoms with Gasteiger partial charge in [0.2, 0.25) is 0 Å². The van der Waals surface area contributed by atoms with Crippen LogP contribution in [0.15, 0.2) is 24.4 Å². The van der Waals surface area contributed by atoms with Gasteiger partial charge in [0, 0.05) is 31.4 Å². The quantitative estimate of drug-likeness (QED) is 0.813. The molecule has 0 N–H and O–H groups in total. The minimum absolute atomic E-state index is 0.513. The fourth-order valence-electron chi connectivity index (χ4n) is 3.71. The lowest BCUT2D eigenvalue weighted by Gasteiger charge is -2.50. The van der Waals surface area contributed by atoms with Crippen molar-refractivity contribution in [3.63, 3.8) is 0 Å². The van der Waals surface area contributed by atoms with Crippen LogP contribution in [0.5, 0.6) is 0 Å². The first-order valence-corrected chi connectivity index (χ1v) is 7.62. The van der Waals surface area contributed by atoms with Crippen molar-refractivity contribution < 1.29 is 0 Å². The second-order valence-corrected chi connectivity index (χ2v) is 6.20. The number of hydrogen-bond donors (Lipinski definition) is 0. The van der Waals surface area contributed by atoms with Crippen LogP contribution in [0.3, 0.4) is 0 Å². The van der Waals surface area contributed by atoms with Gasteiger partial charge in [0.15, 0.2) is 0 Å². The van der Waals surface area contributed by atoms with Crippen molar-refractivity contribution in [3.05, 3.63) is 30.1 Å². The van der Waals surface area contributed by atoms with Crippen molar-refractivity contribution in [2.45, 2.75) is 44.2 Å². The highest BCUT2D eigenvalue weighted by atomic mass is 15.2. The Bertz CT molecular complexity index is 396. The molecule has 0 saturated carbocycles. The summed E-state index contributed by atoms with van der Waals surface area (Å²) in [6.07, 6.45) is 8.77. The minimum Gasteiger partial charge on any atom is -0.301 e. The Balaban J connectivity index is 1.57. The van der Waals surface area contributed by atoms with E-state index in [0.717, 1.165) is 6.54 Å². The monoisotopic (exact) mass is 259 g/mol. The molecule has 2 saturated heterocycles. The van der Waals surface area contributed by atoms with Crippen molar-refractivity contribution >= 4 is 0 Å². The third-order valence-corrected chi connectivity index (χ3v) is 5.09. The largest absolute Gasteiger partial charge is 0.301 e. The molecule has 2 aliphatic heterocycles. The van der Waals surface area contributed by atoms with Crippen LogP contribution in [0.1, 0.15) is 37.8 Å². The molecule has 104 valence electrons. The minimum atomic E-state index is 0.513. The van der Waals surface area contributed by atoms with Gasteiger partial charge in [-0.2, -0.15) is 0 Å². The van der Waals surface area contributed by atoms with Gasteiger partial charge >= 0.3 is 0 Å². The normalized spacial score (nSPS) is 24.7. The molecular weight excluding hydrogens is 234 g/mol. The van der Waals surface area contributed by atoms with Crippen LogP contribution in [-0.4, -0.2) is 47.0 Å². The zero-order chi connectivity index (χ0) is 13.1. The molecule has 3 rings (SSSR count). The van der Waals surface area contributed by atoms with E-state index in [1.165, 1.54) is 57.4 Å². The Hall–Kier alpha value is -0.930. The highest BCUT2D eigenvalue weighted by Gasteiger charge is 2.39. The van der Waals surface area contributed by atoms with Gasteiger partial charge in [0.05, 0.1) is 5.69 Å². The molecule has 0 radical (unpaired) electrons. The summed E-state index contributed by atoms with van der Waals surface area (Å²) in [7, 11) is 2.33. The highest BCUT2D eigenvalue weighted by molar-refractivity contribution is 5.04. The van der Waals surface area contributed by atoms with Crippen LogP contribution < -0.4 is 0 Å². The zero-order valence-electron chi connectivity index (χ0n) is 12.0. The van der Waals surface area contributed by atoms with E-state index in [9.17, 15) is 0 Å². The first kappa shape index (κ1) is 13.1. The summed E-state index contributed by atoms with van der Waals surface area (Å²) in [6, 6.07) is 6.21. The lowest BCUT2D eigenvalue weighted by Crippen LogP contribution is -2.55. The van der Waals surface area contributed by atoms with Crippen molar-refractivity contribution in [1.82, 2.24) is 14.8 Å². The van der Waals surface area contributed by atoms with Crippen molar-refractivity contribution in [2.75, 3.05) is 26.7 Å². The molecule has 0 aromatic carbocycles. The van der Waals surface area contributed by atoms with E-state index in [-0.39, 0.29) is 0 Å². The zero-order valence-corrected chi connectivity index (χ0v) is 12.0. The van der Waals surface area contributed by atoms with Crippen LogP contribution in [0.25, 0.3) is 0 Å². The van der Waals surface area contributed by atoms with Gasteiger partial charge in [0.25, 0.3) is 0 Å². The molecule has 0 unspecified atom stereocenters. The van der Waals surface area contributed by atoms with E-state index in [1.807, 2.05) is 12.3 Å². The van der Waals surface area contributed by atoms with E-state index in [4.69, 9.17) is 0 Å². The summed E-state index contributed by atoms with van der Waals surface area (Å²) in [5.41, 5.74) is 1.72. The lowest BCUT2D eigenvalue weighted by molar-refractivity contribution is 0.00791. The number of pyridine rings is 1. The van der Waals surface area contributed by atoms with Gasteiger partial charge < -0.3 is 4.90 Å². The highest BCUT2D eigenvalue weighted by Crippen LogP contribution is 2.36. The van der Waals surface area contributed by atoms with Crippen LogP contribution in [0, 0.1) is 0 Å². The molecular formula is C16H25N3. The van der Waals surface area contributed by atoms with Crippen molar-refractivity contribution in [3.8, 4) is 0 Å². The summed E-state index contributed by atoms with van der Waals surface area (Å²) in [5, 5.41) is 0. The summed E-state index contributed by atoms with van der Waals surface area (Å²) < 4.78 is 0. The maximum Gasteiger partial charge on any atom is 0.0543 e. The van der Waals surface area contributed by atoms with E-state index in [1.54, 1.807) is 0 Å². The number of likely N-dealkylation sites (tertiary alicyclic amines) is 2. The first-order chi connectivity index (χ1) is 9.28. The Kier molecular flexibility index (Phi) is 3.85. The Labute approximate surface area is 116 Å². The lowest BCUT2D eigenvalue weighted by atomic mass is 9.79. The fourth-order valence-corrected chi connectivity index (χ4v) is 3.71. The van der Waals surface area contributed by atoms with E-state index < -0.39 is 0 Å². The maximum absolute atomic E-state index is 4.44. The third-order valence-electron chi connectivity index (χ3n) is 5.09. The molecule has 3 nitrogen and oxygen atoms in total. The SMILES string of the molecule is CN1CCCCC12CCN(Cc1ccccn1)CC2. The molecule has 2 aliphatic rings. The van der Waals surface area contributed by atoms with Crippen LogP contribution in [-0.2, 0) is 6.54 Å². The molecule has 2 fully saturated rings. The third kappa shape index (κ3) is 2.82. The van der Waals surface area contributed by atoms with Gasteiger partial charge in [-0.05, 0) is 51.4 Å². The molecule has 1 spiro atoms. The topological polar surface area (TPSA) is 19.4 Å². The molecule has 0 aliphatic carbocycles. The van der Waals surface area contributed by atoms with Crippen LogP contribution >= 0.6 is 0 Å². The molecule has 0 amide bonds. The number of hydrogen-bond acceptors (Lipinski definition) is 3. The molecule has 1 aromatic heterocycles. The summed E-state index contributed by atoms with van der Waals surface area (Å²) in [6.45, 7) is 4.75. The summed E-state index contributed by atoms with van der Waals surface area (Å²) in [5.74, 6) is 0. The first-order valence-electron chi connectivity index (χ1n) is 7.62. The standard InChI is InChI=1S/C16H25N3/c1-18-11-5-3-7-16(18)8-12-19(13-9-16)14-15-6-2-4-10-17-15/h2,4,6,10H,3,5,7-9,11-14H2,1H3. The van der Waals surface area contributed by atoms with Gasteiger partial charge in [-0.3, -0.25) is 9.88 Å². The van der Waals surface area contributed by atoms with Gasteiger partial charge in [-0.15, -0.1) is 0 Å². The van der Waals surface area contributed by atoms with Gasteiger partial charge in [0.1, 0.15) is 0 Å². The Morgan fingerprint density at radius 3 is 2.63 bits per heavy atom. The summed E-state index contributed by atoms with van der Waals surface area (Å²) in [4.78, 5) is 9.64.